The first-order valence-corrected chi connectivity index (χ1v) is 11.0. The molecule has 7 heteroatoms. The largest absolute Gasteiger partial charge is 0.467 e. The molecule has 1 heterocycles. The molecular formula is C24H37N5O2. The Morgan fingerprint density at radius 1 is 1.03 bits per heavy atom. The minimum Gasteiger partial charge on any atom is -0.467 e. The van der Waals surface area contributed by atoms with Crippen molar-refractivity contribution in [3.8, 4) is 0 Å². The lowest BCUT2D eigenvalue weighted by Crippen LogP contribution is -2.41. The molecule has 0 radical (unpaired) electrons. The fourth-order valence-electron chi connectivity index (χ4n) is 3.49. The number of nitrogens with one attached hydrogen (secondary N) is 3. The summed E-state index contributed by atoms with van der Waals surface area (Å²) in [4.78, 5) is 19.2. The second kappa shape index (κ2) is 12.8. The number of amides is 1. The quantitative estimate of drug-likeness (QED) is 0.291. The molecule has 1 aromatic carbocycles. The van der Waals surface area contributed by atoms with Crippen LogP contribution in [0.1, 0.15) is 55.8 Å². The summed E-state index contributed by atoms with van der Waals surface area (Å²) in [5, 5.41) is 9.56. The third-order valence-electron chi connectivity index (χ3n) is 5.09. The van der Waals surface area contributed by atoms with Gasteiger partial charge in [-0.2, -0.15) is 0 Å². The van der Waals surface area contributed by atoms with E-state index in [0.717, 1.165) is 36.8 Å². The molecule has 0 aliphatic heterocycles. The van der Waals surface area contributed by atoms with E-state index < -0.39 is 0 Å². The average Bonchev–Trinajstić information content (AvgIpc) is 3.27. The van der Waals surface area contributed by atoms with Gasteiger partial charge in [-0.25, -0.2) is 0 Å². The fraction of sp³-hybridized carbons (Fsp3) is 0.500. The van der Waals surface area contributed by atoms with Crippen LogP contribution in [0.5, 0.6) is 0 Å². The SMILES string of the molecule is CN=C(NCCCN(C(C)C)C(C)C)NCc1cccc(C(=O)NCc2ccco2)c1. The third kappa shape index (κ3) is 8.45. The van der Waals surface area contributed by atoms with Gasteiger partial charge in [0.15, 0.2) is 5.96 Å². The summed E-state index contributed by atoms with van der Waals surface area (Å²) in [6, 6.07) is 12.3. The maximum Gasteiger partial charge on any atom is 0.251 e. The Morgan fingerprint density at radius 3 is 2.45 bits per heavy atom. The number of carbonyl (C=O) groups is 1. The Hall–Kier alpha value is -2.80. The lowest BCUT2D eigenvalue weighted by Gasteiger charge is -2.30. The van der Waals surface area contributed by atoms with E-state index in [2.05, 4.69) is 53.5 Å². The van der Waals surface area contributed by atoms with Crippen molar-refractivity contribution in [2.45, 2.75) is 59.3 Å². The highest BCUT2D eigenvalue weighted by molar-refractivity contribution is 5.94. The minimum absolute atomic E-state index is 0.124. The number of furan rings is 1. The monoisotopic (exact) mass is 427 g/mol. The summed E-state index contributed by atoms with van der Waals surface area (Å²) in [5.74, 6) is 1.36. The number of carbonyl (C=O) groups excluding carboxylic acids is 1. The van der Waals surface area contributed by atoms with Crippen molar-refractivity contribution < 1.29 is 9.21 Å². The van der Waals surface area contributed by atoms with Crippen LogP contribution in [-0.2, 0) is 13.1 Å². The van der Waals surface area contributed by atoms with Crippen LogP contribution in [0.3, 0.4) is 0 Å². The van der Waals surface area contributed by atoms with Crippen LogP contribution in [0.4, 0.5) is 0 Å². The number of hydrogen-bond acceptors (Lipinski definition) is 4. The Labute approximate surface area is 186 Å². The zero-order valence-electron chi connectivity index (χ0n) is 19.4. The van der Waals surface area contributed by atoms with Crippen molar-refractivity contribution in [2.75, 3.05) is 20.1 Å². The molecule has 1 aromatic heterocycles. The zero-order valence-corrected chi connectivity index (χ0v) is 19.4. The molecule has 1 amide bonds. The fourth-order valence-corrected chi connectivity index (χ4v) is 3.49. The van der Waals surface area contributed by atoms with Crippen molar-refractivity contribution in [3.63, 3.8) is 0 Å². The molecular weight excluding hydrogens is 390 g/mol. The number of guanidine groups is 1. The molecule has 31 heavy (non-hydrogen) atoms. The number of hydrogen-bond donors (Lipinski definition) is 3. The van der Waals surface area contributed by atoms with Gasteiger partial charge >= 0.3 is 0 Å². The molecule has 0 saturated heterocycles. The molecule has 0 unspecified atom stereocenters. The smallest absolute Gasteiger partial charge is 0.251 e. The van der Waals surface area contributed by atoms with Crippen LogP contribution in [0.2, 0.25) is 0 Å². The standard InChI is InChI=1S/C24H37N5O2/c1-18(2)29(19(3)4)13-8-12-26-24(25-5)28-16-20-9-6-10-21(15-20)23(30)27-17-22-11-7-14-31-22/h6-7,9-11,14-15,18-19H,8,12-13,16-17H2,1-5H3,(H,27,30)(H2,25,26,28). The van der Waals surface area contributed by atoms with E-state index in [1.165, 1.54) is 0 Å². The van der Waals surface area contributed by atoms with E-state index in [0.29, 0.717) is 30.7 Å². The Bertz CT molecular complexity index is 807. The van der Waals surface area contributed by atoms with Gasteiger partial charge in [-0.15, -0.1) is 0 Å². The van der Waals surface area contributed by atoms with Crippen molar-refractivity contribution in [1.29, 1.82) is 0 Å². The molecule has 0 atom stereocenters. The number of benzene rings is 1. The van der Waals surface area contributed by atoms with Crippen LogP contribution in [0.15, 0.2) is 52.1 Å². The summed E-state index contributed by atoms with van der Waals surface area (Å²) < 4.78 is 5.25. The van der Waals surface area contributed by atoms with E-state index in [-0.39, 0.29) is 5.91 Å². The van der Waals surface area contributed by atoms with Gasteiger partial charge in [0, 0.05) is 44.3 Å². The second-order valence-corrected chi connectivity index (χ2v) is 8.09. The molecule has 0 saturated carbocycles. The van der Waals surface area contributed by atoms with Crippen molar-refractivity contribution >= 4 is 11.9 Å². The average molecular weight is 428 g/mol. The first kappa shape index (κ1) is 24.5. The Kier molecular flexibility index (Phi) is 10.1. The van der Waals surface area contributed by atoms with Gasteiger partial charge in [0.25, 0.3) is 5.91 Å². The van der Waals surface area contributed by atoms with Crippen LogP contribution in [0.25, 0.3) is 0 Å². The molecule has 2 rings (SSSR count). The minimum atomic E-state index is -0.124. The van der Waals surface area contributed by atoms with Crippen LogP contribution in [0, 0.1) is 0 Å². The molecule has 0 fully saturated rings. The summed E-state index contributed by atoms with van der Waals surface area (Å²) in [6.07, 6.45) is 2.64. The van der Waals surface area contributed by atoms with Gasteiger partial charge in [0.2, 0.25) is 0 Å². The lowest BCUT2D eigenvalue weighted by molar-refractivity contribution is 0.0948. The van der Waals surface area contributed by atoms with Gasteiger partial charge in [-0.1, -0.05) is 12.1 Å². The van der Waals surface area contributed by atoms with Crippen LogP contribution < -0.4 is 16.0 Å². The van der Waals surface area contributed by atoms with Crippen molar-refractivity contribution in [1.82, 2.24) is 20.9 Å². The Morgan fingerprint density at radius 2 is 1.81 bits per heavy atom. The number of aliphatic imine (C=N–C) groups is 1. The molecule has 2 aromatic rings. The molecule has 0 bridgehead atoms. The number of nitrogens with zero attached hydrogens (tertiary/aromatic N) is 2. The van der Waals surface area contributed by atoms with E-state index in [4.69, 9.17) is 4.42 Å². The summed E-state index contributed by atoms with van der Waals surface area (Å²) >= 11 is 0. The van der Waals surface area contributed by atoms with Gasteiger partial charge in [0.1, 0.15) is 5.76 Å². The predicted molar refractivity (Wildman–Crippen MR) is 126 cm³/mol. The van der Waals surface area contributed by atoms with Gasteiger partial charge in [-0.3, -0.25) is 14.7 Å². The molecule has 7 nitrogen and oxygen atoms in total. The summed E-state index contributed by atoms with van der Waals surface area (Å²) in [5.41, 5.74) is 1.63. The zero-order chi connectivity index (χ0) is 22.6. The second-order valence-electron chi connectivity index (χ2n) is 8.09. The lowest BCUT2D eigenvalue weighted by atomic mass is 10.1. The van der Waals surface area contributed by atoms with Crippen molar-refractivity contribution in [3.05, 3.63) is 59.5 Å². The van der Waals surface area contributed by atoms with Crippen molar-refractivity contribution in [2.24, 2.45) is 4.99 Å². The maximum absolute atomic E-state index is 12.4. The van der Waals surface area contributed by atoms with E-state index in [1.807, 2.05) is 30.3 Å². The highest BCUT2D eigenvalue weighted by atomic mass is 16.3. The topological polar surface area (TPSA) is 81.9 Å². The highest BCUT2D eigenvalue weighted by Gasteiger charge is 2.12. The van der Waals surface area contributed by atoms with Gasteiger partial charge < -0.3 is 20.4 Å². The van der Waals surface area contributed by atoms with E-state index >= 15 is 0 Å². The first-order chi connectivity index (χ1) is 14.9. The summed E-state index contributed by atoms with van der Waals surface area (Å²) in [7, 11) is 1.77. The molecule has 170 valence electrons. The number of rotatable bonds is 11. The van der Waals surface area contributed by atoms with E-state index in [9.17, 15) is 4.79 Å². The molecule has 3 N–H and O–H groups in total. The molecule has 0 aliphatic carbocycles. The Balaban J connectivity index is 1.77. The maximum atomic E-state index is 12.4. The summed E-state index contributed by atoms with van der Waals surface area (Å²) in [6.45, 7) is 11.8. The molecule has 0 aliphatic rings. The van der Waals surface area contributed by atoms with Crippen LogP contribution in [-0.4, -0.2) is 49.0 Å². The first-order valence-electron chi connectivity index (χ1n) is 11.0. The van der Waals surface area contributed by atoms with E-state index in [1.54, 1.807) is 19.4 Å². The third-order valence-corrected chi connectivity index (χ3v) is 5.09. The molecule has 0 spiro atoms. The highest BCUT2D eigenvalue weighted by Crippen LogP contribution is 2.07. The van der Waals surface area contributed by atoms with Crippen LogP contribution >= 0.6 is 0 Å². The predicted octanol–water partition coefficient (Wildman–Crippen LogP) is 3.38. The normalized spacial score (nSPS) is 11.9. The van der Waals surface area contributed by atoms with Gasteiger partial charge in [0.05, 0.1) is 12.8 Å². The van der Waals surface area contributed by atoms with Gasteiger partial charge in [-0.05, 0) is 63.9 Å².